The van der Waals surface area contributed by atoms with Crippen LogP contribution in [0.2, 0.25) is 0 Å². The van der Waals surface area contributed by atoms with Gasteiger partial charge in [-0.1, -0.05) is 20.3 Å². The summed E-state index contributed by atoms with van der Waals surface area (Å²) in [5, 5.41) is 34.6. The summed E-state index contributed by atoms with van der Waals surface area (Å²) in [6.45, 7) is 4.93. The SMILES string of the molecule is CC(C)C(NC(=O)C(N)CCCCN)C(=O)NC(CCC(=O)O)C(=O)NC(C(=O)O)C(C)O. The molecule has 13 heteroatoms. The number of carboxylic acids is 2. The number of aliphatic carboxylic acids is 2. The number of hydrogen-bond donors (Lipinski definition) is 8. The molecule has 3 amide bonds. The number of carbonyl (C=O) groups is 5. The lowest BCUT2D eigenvalue weighted by molar-refractivity contribution is -0.145. The fourth-order valence-corrected chi connectivity index (χ4v) is 2.88. The van der Waals surface area contributed by atoms with Gasteiger partial charge < -0.3 is 42.7 Å². The third-order valence-electron chi connectivity index (χ3n) is 4.88. The van der Waals surface area contributed by atoms with Crippen LogP contribution in [0.15, 0.2) is 0 Å². The van der Waals surface area contributed by atoms with Gasteiger partial charge in [-0.2, -0.15) is 0 Å². The van der Waals surface area contributed by atoms with Crippen LogP contribution in [0.4, 0.5) is 0 Å². The van der Waals surface area contributed by atoms with Gasteiger partial charge in [-0.3, -0.25) is 19.2 Å². The number of amides is 3. The molecule has 10 N–H and O–H groups in total. The fraction of sp³-hybridized carbons (Fsp3) is 0.750. The van der Waals surface area contributed by atoms with Gasteiger partial charge in [0.05, 0.1) is 12.1 Å². The van der Waals surface area contributed by atoms with E-state index in [1.54, 1.807) is 13.8 Å². The Labute approximate surface area is 192 Å². The van der Waals surface area contributed by atoms with E-state index < -0.39 is 72.3 Å². The van der Waals surface area contributed by atoms with Crippen molar-refractivity contribution < 1.29 is 39.3 Å². The molecule has 0 saturated carbocycles. The molecule has 5 atom stereocenters. The first-order chi connectivity index (χ1) is 15.3. The highest BCUT2D eigenvalue weighted by Crippen LogP contribution is 2.07. The molecule has 0 bridgehead atoms. The van der Waals surface area contributed by atoms with Crippen LogP contribution in [0, 0.1) is 5.92 Å². The molecule has 0 aromatic rings. The summed E-state index contributed by atoms with van der Waals surface area (Å²) in [7, 11) is 0. The van der Waals surface area contributed by atoms with Gasteiger partial charge >= 0.3 is 11.9 Å². The number of aliphatic hydroxyl groups excluding tert-OH is 1. The standard InChI is InChI=1S/C20H37N5O8/c1-10(2)15(24-17(29)12(22)6-4-5-9-21)19(31)23-13(7-8-14(27)28)18(30)25-16(11(3)26)20(32)33/h10-13,15-16,26H,4-9,21-22H2,1-3H3,(H,23,31)(H,24,29)(H,25,30)(H,27,28)(H,32,33). The van der Waals surface area contributed by atoms with Crippen molar-refractivity contribution in [2.45, 2.75) is 83.1 Å². The monoisotopic (exact) mass is 475 g/mol. The zero-order valence-corrected chi connectivity index (χ0v) is 19.2. The molecule has 0 aromatic heterocycles. The molecule has 0 spiro atoms. The maximum Gasteiger partial charge on any atom is 0.328 e. The van der Waals surface area contributed by atoms with Gasteiger partial charge in [-0.25, -0.2) is 4.79 Å². The molecule has 0 rings (SSSR count). The van der Waals surface area contributed by atoms with E-state index in [1.165, 1.54) is 0 Å². The highest BCUT2D eigenvalue weighted by Gasteiger charge is 2.33. The van der Waals surface area contributed by atoms with Crippen LogP contribution in [0.25, 0.3) is 0 Å². The Balaban J connectivity index is 5.40. The summed E-state index contributed by atoms with van der Waals surface area (Å²) < 4.78 is 0. The minimum atomic E-state index is -1.66. The van der Waals surface area contributed by atoms with Gasteiger partial charge in [-0.05, 0) is 38.6 Å². The Hall–Kier alpha value is -2.77. The third kappa shape index (κ3) is 11.6. The summed E-state index contributed by atoms with van der Waals surface area (Å²) in [6.07, 6.45) is -0.569. The van der Waals surface area contributed by atoms with Gasteiger partial charge in [-0.15, -0.1) is 0 Å². The molecule has 5 unspecified atom stereocenters. The van der Waals surface area contributed by atoms with Crippen molar-refractivity contribution in [1.82, 2.24) is 16.0 Å². The lowest BCUT2D eigenvalue weighted by Gasteiger charge is -2.27. The summed E-state index contributed by atoms with van der Waals surface area (Å²) in [5.41, 5.74) is 11.3. The van der Waals surface area contributed by atoms with Crippen LogP contribution in [-0.4, -0.2) is 81.8 Å². The average molecular weight is 476 g/mol. The molecule has 0 radical (unpaired) electrons. The first-order valence-corrected chi connectivity index (χ1v) is 10.8. The normalized spacial score (nSPS) is 15.6. The van der Waals surface area contributed by atoms with Crippen LogP contribution in [0.1, 0.15) is 52.9 Å². The third-order valence-corrected chi connectivity index (χ3v) is 4.88. The molecule has 0 heterocycles. The molecule has 0 aliphatic heterocycles. The topological polar surface area (TPSA) is 234 Å². The van der Waals surface area contributed by atoms with Crippen LogP contribution < -0.4 is 27.4 Å². The Kier molecular flexibility index (Phi) is 13.9. The van der Waals surface area contributed by atoms with Crippen molar-refractivity contribution in [3.63, 3.8) is 0 Å². The zero-order valence-electron chi connectivity index (χ0n) is 19.2. The minimum absolute atomic E-state index is 0.337. The second kappa shape index (κ2) is 15.1. The van der Waals surface area contributed by atoms with Crippen molar-refractivity contribution in [2.75, 3.05) is 6.54 Å². The van der Waals surface area contributed by atoms with E-state index in [-0.39, 0.29) is 6.42 Å². The van der Waals surface area contributed by atoms with E-state index >= 15 is 0 Å². The van der Waals surface area contributed by atoms with Crippen molar-refractivity contribution >= 4 is 29.7 Å². The highest BCUT2D eigenvalue weighted by molar-refractivity contribution is 5.94. The maximum absolute atomic E-state index is 12.8. The number of carboxylic acid groups (broad SMARTS) is 2. The molecule has 0 aromatic carbocycles. The maximum atomic E-state index is 12.8. The van der Waals surface area contributed by atoms with Crippen LogP contribution in [-0.2, 0) is 24.0 Å². The molecular weight excluding hydrogens is 438 g/mol. The number of unbranched alkanes of at least 4 members (excludes halogenated alkanes) is 1. The van der Waals surface area contributed by atoms with Crippen LogP contribution in [0.3, 0.4) is 0 Å². The second-order valence-electron chi connectivity index (χ2n) is 8.18. The molecule has 0 saturated heterocycles. The number of nitrogens with two attached hydrogens (primary N) is 2. The largest absolute Gasteiger partial charge is 0.481 e. The van der Waals surface area contributed by atoms with E-state index in [0.717, 1.165) is 6.92 Å². The number of carbonyl (C=O) groups excluding carboxylic acids is 3. The van der Waals surface area contributed by atoms with Crippen LogP contribution >= 0.6 is 0 Å². The number of hydrogen-bond acceptors (Lipinski definition) is 8. The first kappa shape index (κ1) is 30.2. The summed E-state index contributed by atoms with van der Waals surface area (Å²) >= 11 is 0. The summed E-state index contributed by atoms with van der Waals surface area (Å²) in [6, 6.07) is -5.01. The molecule has 0 aliphatic rings. The Bertz CT molecular complexity index is 685. The summed E-state index contributed by atoms with van der Waals surface area (Å²) in [5.74, 6) is -5.45. The summed E-state index contributed by atoms with van der Waals surface area (Å²) in [4.78, 5) is 60.0. The molecule has 0 fully saturated rings. The van der Waals surface area contributed by atoms with E-state index in [2.05, 4.69) is 16.0 Å². The smallest absolute Gasteiger partial charge is 0.328 e. The number of aliphatic hydroxyl groups is 1. The lowest BCUT2D eigenvalue weighted by atomic mass is 10.0. The molecule has 33 heavy (non-hydrogen) atoms. The van der Waals surface area contributed by atoms with Gasteiger partial charge in [0.15, 0.2) is 6.04 Å². The predicted molar refractivity (Wildman–Crippen MR) is 118 cm³/mol. The van der Waals surface area contributed by atoms with E-state index in [1.807, 2.05) is 0 Å². The Morgan fingerprint density at radius 3 is 1.85 bits per heavy atom. The van der Waals surface area contributed by atoms with Gasteiger partial charge in [0.25, 0.3) is 0 Å². The van der Waals surface area contributed by atoms with Crippen molar-refractivity contribution in [3.05, 3.63) is 0 Å². The molecule has 13 nitrogen and oxygen atoms in total. The van der Waals surface area contributed by atoms with Crippen molar-refractivity contribution in [1.29, 1.82) is 0 Å². The number of nitrogens with one attached hydrogen (secondary N) is 3. The Morgan fingerprint density at radius 1 is 0.818 bits per heavy atom. The van der Waals surface area contributed by atoms with Gasteiger partial charge in [0.2, 0.25) is 17.7 Å². The van der Waals surface area contributed by atoms with E-state index in [9.17, 15) is 29.1 Å². The second-order valence-corrected chi connectivity index (χ2v) is 8.18. The van der Waals surface area contributed by atoms with Gasteiger partial charge in [0, 0.05) is 6.42 Å². The lowest BCUT2D eigenvalue weighted by Crippen LogP contribution is -2.59. The molecule has 0 aliphatic carbocycles. The fourth-order valence-electron chi connectivity index (χ4n) is 2.88. The van der Waals surface area contributed by atoms with Crippen LogP contribution in [0.5, 0.6) is 0 Å². The Morgan fingerprint density at radius 2 is 1.39 bits per heavy atom. The minimum Gasteiger partial charge on any atom is -0.481 e. The number of rotatable bonds is 16. The van der Waals surface area contributed by atoms with E-state index in [4.69, 9.17) is 21.7 Å². The average Bonchev–Trinajstić information content (AvgIpc) is 2.71. The predicted octanol–water partition coefficient (Wildman–Crippen LogP) is -2.12. The highest BCUT2D eigenvalue weighted by atomic mass is 16.4. The molecular formula is C20H37N5O8. The van der Waals surface area contributed by atoms with Gasteiger partial charge in [0.1, 0.15) is 12.1 Å². The van der Waals surface area contributed by atoms with Crippen molar-refractivity contribution in [2.24, 2.45) is 17.4 Å². The molecule has 190 valence electrons. The van der Waals surface area contributed by atoms with Crippen molar-refractivity contribution in [3.8, 4) is 0 Å². The zero-order chi connectivity index (χ0) is 25.7. The first-order valence-electron chi connectivity index (χ1n) is 10.8. The quantitative estimate of drug-likeness (QED) is 0.113. The van der Waals surface area contributed by atoms with E-state index in [0.29, 0.717) is 25.8 Å².